The van der Waals surface area contributed by atoms with Gasteiger partial charge in [-0.15, -0.1) is 0 Å². The summed E-state index contributed by atoms with van der Waals surface area (Å²) in [6, 6.07) is 8.30. The lowest BCUT2D eigenvalue weighted by Gasteiger charge is -2.27. The van der Waals surface area contributed by atoms with Gasteiger partial charge in [-0.05, 0) is 49.8 Å². The van der Waals surface area contributed by atoms with Crippen LogP contribution in [-0.2, 0) is 4.74 Å². The minimum absolute atomic E-state index is 0.441. The molecule has 2 rings (SSSR count). The van der Waals surface area contributed by atoms with E-state index in [9.17, 15) is 4.79 Å². The zero-order valence-corrected chi connectivity index (χ0v) is 11.6. The molecular weight excluding hydrogens is 240 g/mol. The van der Waals surface area contributed by atoms with Crippen molar-refractivity contribution in [2.24, 2.45) is 5.92 Å². The molecule has 1 aromatic rings. The molecule has 1 saturated carbocycles. The van der Waals surface area contributed by atoms with Gasteiger partial charge in [-0.25, -0.2) is 4.79 Å². The molecule has 0 unspecified atom stereocenters. The van der Waals surface area contributed by atoms with Crippen molar-refractivity contribution in [1.29, 1.82) is 0 Å². The molecule has 1 aromatic carbocycles. The van der Waals surface area contributed by atoms with Gasteiger partial charge in [0.15, 0.2) is 0 Å². The van der Waals surface area contributed by atoms with Crippen LogP contribution in [-0.4, -0.2) is 19.2 Å². The van der Waals surface area contributed by atoms with Gasteiger partial charge in [-0.3, -0.25) is 5.32 Å². The third-order valence-corrected chi connectivity index (χ3v) is 3.68. The molecule has 0 radical (unpaired) electrons. The fraction of sp³-hybridized carbons (Fsp3) is 0.533. The second-order valence-electron chi connectivity index (χ2n) is 5.30. The number of methoxy groups -OCH3 is 1. The van der Waals surface area contributed by atoms with Crippen LogP contribution < -0.4 is 10.6 Å². The molecular formula is C15H22N2O2. The van der Waals surface area contributed by atoms with Crippen LogP contribution in [0.25, 0.3) is 0 Å². The van der Waals surface area contributed by atoms with E-state index in [0.29, 0.717) is 6.04 Å². The van der Waals surface area contributed by atoms with Crippen molar-refractivity contribution < 1.29 is 9.53 Å². The van der Waals surface area contributed by atoms with Gasteiger partial charge >= 0.3 is 6.09 Å². The zero-order valence-electron chi connectivity index (χ0n) is 11.6. The van der Waals surface area contributed by atoms with Crippen molar-refractivity contribution in [2.75, 3.05) is 17.7 Å². The van der Waals surface area contributed by atoms with E-state index in [4.69, 9.17) is 0 Å². The van der Waals surface area contributed by atoms with Crippen LogP contribution in [0.1, 0.15) is 32.6 Å². The largest absolute Gasteiger partial charge is 0.453 e. The lowest BCUT2D eigenvalue weighted by molar-refractivity contribution is 0.187. The summed E-state index contributed by atoms with van der Waals surface area (Å²) in [4.78, 5) is 11.2. The van der Waals surface area contributed by atoms with Gasteiger partial charge in [0.05, 0.1) is 7.11 Å². The highest BCUT2D eigenvalue weighted by atomic mass is 16.5. The maximum absolute atomic E-state index is 11.2. The second kappa shape index (κ2) is 6.45. The van der Waals surface area contributed by atoms with Crippen LogP contribution in [0.4, 0.5) is 16.2 Å². The SMILES string of the molecule is COC(=O)Nc1cccc(NC2CCC(C)CC2)c1. The molecule has 1 aliphatic rings. The Bertz CT molecular complexity index is 426. The molecule has 0 saturated heterocycles. The highest BCUT2D eigenvalue weighted by Gasteiger charge is 2.17. The number of carbonyl (C=O) groups is 1. The first-order chi connectivity index (χ1) is 9.17. The van der Waals surface area contributed by atoms with Crippen molar-refractivity contribution in [3.63, 3.8) is 0 Å². The summed E-state index contributed by atoms with van der Waals surface area (Å²) in [5, 5.41) is 6.22. The summed E-state index contributed by atoms with van der Waals surface area (Å²) in [7, 11) is 1.36. The number of nitrogens with one attached hydrogen (secondary N) is 2. The van der Waals surface area contributed by atoms with E-state index in [1.165, 1.54) is 32.8 Å². The molecule has 19 heavy (non-hydrogen) atoms. The van der Waals surface area contributed by atoms with Crippen molar-refractivity contribution >= 4 is 17.5 Å². The van der Waals surface area contributed by atoms with Gasteiger partial charge in [0.2, 0.25) is 0 Å². The molecule has 0 atom stereocenters. The number of hydrogen-bond donors (Lipinski definition) is 2. The molecule has 2 N–H and O–H groups in total. The number of rotatable bonds is 3. The maximum Gasteiger partial charge on any atom is 0.411 e. The van der Waals surface area contributed by atoms with E-state index in [0.717, 1.165) is 17.3 Å². The Morgan fingerprint density at radius 2 is 1.89 bits per heavy atom. The number of benzene rings is 1. The van der Waals surface area contributed by atoms with Crippen LogP contribution in [0.3, 0.4) is 0 Å². The Balaban J connectivity index is 1.93. The number of ether oxygens (including phenoxy) is 1. The van der Waals surface area contributed by atoms with E-state index < -0.39 is 6.09 Å². The predicted molar refractivity (Wildman–Crippen MR) is 77.5 cm³/mol. The van der Waals surface area contributed by atoms with E-state index in [2.05, 4.69) is 22.3 Å². The lowest BCUT2D eigenvalue weighted by atomic mass is 9.87. The van der Waals surface area contributed by atoms with Crippen LogP contribution in [0, 0.1) is 5.92 Å². The molecule has 0 spiro atoms. The average Bonchev–Trinajstić information content (AvgIpc) is 2.42. The predicted octanol–water partition coefficient (Wildman–Crippen LogP) is 3.86. The number of anilines is 2. The minimum Gasteiger partial charge on any atom is -0.453 e. The highest BCUT2D eigenvalue weighted by molar-refractivity contribution is 5.85. The summed E-state index contributed by atoms with van der Waals surface area (Å²) in [5.74, 6) is 0.852. The molecule has 1 fully saturated rings. The Morgan fingerprint density at radius 1 is 1.21 bits per heavy atom. The third kappa shape index (κ3) is 4.16. The Morgan fingerprint density at radius 3 is 2.58 bits per heavy atom. The van der Waals surface area contributed by atoms with Crippen LogP contribution in [0.2, 0.25) is 0 Å². The first-order valence-corrected chi connectivity index (χ1v) is 6.89. The topological polar surface area (TPSA) is 50.4 Å². The highest BCUT2D eigenvalue weighted by Crippen LogP contribution is 2.26. The van der Waals surface area contributed by atoms with Gasteiger partial charge in [0.25, 0.3) is 0 Å². The normalized spacial score (nSPS) is 22.6. The van der Waals surface area contributed by atoms with E-state index in [1.54, 1.807) is 0 Å². The van der Waals surface area contributed by atoms with Crippen LogP contribution >= 0.6 is 0 Å². The number of hydrogen-bond acceptors (Lipinski definition) is 3. The van der Waals surface area contributed by atoms with Crippen LogP contribution in [0.5, 0.6) is 0 Å². The number of carbonyl (C=O) groups excluding carboxylic acids is 1. The quantitative estimate of drug-likeness (QED) is 0.869. The molecule has 1 aliphatic carbocycles. The molecule has 0 bridgehead atoms. The van der Waals surface area contributed by atoms with Crippen LogP contribution in [0.15, 0.2) is 24.3 Å². The summed E-state index contributed by atoms with van der Waals surface area (Å²) in [5.41, 5.74) is 1.80. The summed E-state index contributed by atoms with van der Waals surface area (Å²) in [6.07, 6.45) is 4.57. The summed E-state index contributed by atoms with van der Waals surface area (Å²) < 4.78 is 4.59. The Kier molecular flexibility index (Phi) is 4.66. The first-order valence-electron chi connectivity index (χ1n) is 6.89. The van der Waals surface area contributed by atoms with E-state index in [-0.39, 0.29) is 0 Å². The molecule has 0 aromatic heterocycles. The van der Waals surface area contributed by atoms with Gasteiger partial charge in [-0.1, -0.05) is 13.0 Å². The second-order valence-corrected chi connectivity index (χ2v) is 5.30. The smallest absolute Gasteiger partial charge is 0.411 e. The number of amides is 1. The zero-order chi connectivity index (χ0) is 13.7. The Hall–Kier alpha value is -1.71. The monoisotopic (exact) mass is 262 g/mol. The van der Waals surface area contributed by atoms with Crippen molar-refractivity contribution in [2.45, 2.75) is 38.6 Å². The lowest BCUT2D eigenvalue weighted by Crippen LogP contribution is -2.25. The Labute approximate surface area is 114 Å². The van der Waals surface area contributed by atoms with E-state index in [1.807, 2.05) is 24.3 Å². The molecule has 4 nitrogen and oxygen atoms in total. The van der Waals surface area contributed by atoms with E-state index >= 15 is 0 Å². The first kappa shape index (κ1) is 13.7. The van der Waals surface area contributed by atoms with Gasteiger partial charge in [0, 0.05) is 17.4 Å². The fourth-order valence-electron chi connectivity index (χ4n) is 2.50. The third-order valence-electron chi connectivity index (χ3n) is 3.68. The summed E-state index contributed by atoms with van der Waals surface area (Å²) in [6.45, 7) is 2.32. The van der Waals surface area contributed by atoms with Gasteiger partial charge < -0.3 is 10.1 Å². The van der Waals surface area contributed by atoms with Crippen molar-refractivity contribution in [3.05, 3.63) is 24.3 Å². The van der Waals surface area contributed by atoms with Gasteiger partial charge in [-0.2, -0.15) is 0 Å². The molecule has 1 amide bonds. The molecule has 104 valence electrons. The average molecular weight is 262 g/mol. The van der Waals surface area contributed by atoms with Gasteiger partial charge in [0.1, 0.15) is 0 Å². The standard InChI is InChI=1S/C15H22N2O2/c1-11-6-8-12(9-7-11)16-13-4-3-5-14(10-13)17-15(18)19-2/h3-5,10-12,16H,6-9H2,1-2H3,(H,17,18). The minimum atomic E-state index is -0.441. The molecule has 0 aliphatic heterocycles. The van der Waals surface area contributed by atoms with Crippen molar-refractivity contribution in [3.8, 4) is 0 Å². The maximum atomic E-state index is 11.2. The fourth-order valence-corrected chi connectivity index (χ4v) is 2.50. The van der Waals surface area contributed by atoms with Crippen molar-refractivity contribution in [1.82, 2.24) is 0 Å². The summed E-state index contributed by atoms with van der Waals surface area (Å²) >= 11 is 0. The molecule has 4 heteroatoms. The molecule has 0 heterocycles.